The van der Waals surface area contributed by atoms with Crippen LogP contribution in [0.4, 0.5) is 0 Å². The second-order valence-corrected chi connectivity index (χ2v) is 7.06. The van der Waals surface area contributed by atoms with Crippen molar-refractivity contribution in [3.05, 3.63) is 28.6 Å². The monoisotopic (exact) mass is 321 g/mol. The van der Waals surface area contributed by atoms with E-state index in [1.807, 2.05) is 4.90 Å². The van der Waals surface area contributed by atoms with E-state index in [1.165, 1.54) is 4.88 Å². The van der Waals surface area contributed by atoms with Gasteiger partial charge in [-0.25, -0.2) is 4.98 Å². The number of hydrogen-bond donors (Lipinski definition) is 0. The van der Waals surface area contributed by atoms with Crippen LogP contribution in [0.2, 0.25) is 0 Å². The molecule has 21 heavy (non-hydrogen) atoms. The molecule has 6 heteroatoms. The molecule has 0 bridgehead atoms. The predicted molar refractivity (Wildman–Crippen MR) is 87.6 cm³/mol. The fourth-order valence-electron chi connectivity index (χ4n) is 2.57. The number of nitrogens with zero attached hydrogens (tertiary/aromatic N) is 3. The van der Waals surface area contributed by atoms with Crippen molar-refractivity contribution in [1.29, 1.82) is 0 Å². The van der Waals surface area contributed by atoms with Gasteiger partial charge in [0.1, 0.15) is 5.01 Å². The van der Waals surface area contributed by atoms with Gasteiger partial charge in [-0.15, -0.1) is 22.7 Å². The normalized spacial score (nSPS) is 16.9. The Morgan fingerprint density at radius 1 is 1.29 bits per heavy atom. The van der Waals surface area contributed by atoms with Crippen molar-refractivity contribution in [3.63, 3.8) is 0 Å². The summed E-state index contributed by atoms with van der Waals surface area (Å²) in [7, 11) is 0. The highest BCUT2D eigenvalue weighted by molar-refractivity contribution is 7.20. The smallest absolute Gasteiger partial charge is 0.219 e. The number of carbonyl (C=O) groups is 1. The van der Waals surface area contributed by atoms with Crippen LogP contribution in [-0.2, 0) is 11.3 Å². The highest BCUT2D eigenvalue weighted by atomic mass is 32.1. The molecule has 0 N–H and O–H groups in total. The molecule has 1 amide bonds. The van der Waals surface area contributed by atoms with E-state index in [1.54, 1.807) is 29.6 Å². The molecule has 3 heterocycles. The third-order valence-electron chi connectivity index (χ3n) is 3.70. The highest BCUT2D eigenvalue weighted by Gasteiger charge is 2.17. The van der Waals surface area contributed by atoms with Gasteiger partial charge in [0.05, 0.1) is 10.6 Å². The summed E-state index contributed by atoms with van der Waals surface area (Å²) < 4.78 is 0. The van der Waals surface area contributed by atoms with E-state index in [0.29, 0.717) is 0 Å². The zero-order valence-corrected chi connectivity index (χ0v) is 13.8. The molecule has 3 rings (SSSR count). The maximum Gasteiger partial charge on any atom is 0.219 e. The summed E-state index contributed by atoms with van der Waals surface area (Å²) in [5.41, 5.74) is 1.14. The Labute approximate surface area is 133 Å². The van der Waals surface area contributed by atoms with Crippen molar-refractivity contribution < 1.29 is 4.79 Å². The van der Waals surface area contributed by atoms with Crippen LogP contribution >= 0.6 is 22.7 Å². The van der Waals surface area contributed by atoms with Gasteiger partial charge in [-0.05, 0) is 17.9 Å². The summed E-state index contributed by atoms with van der Waals surface area (Å²) in [6.45, 7) is 6.22. The maximum absolute atomic E-state index is 11.4. The van der Waals surface area contributed by atoms with Crippen molar-refractivity contribution >= 4 is 28.6 Å². The molecule has 1 fully saturated rings. The first kappa shape index (κ1) is 14.7. The molecule has 0 saturated carbocycles. The fourth-order valence-corrected chi connectivity index (χ4v) is 4.19. The van der Waals surface area contributed by atoms with Crippen LogP contribution in [0, 0.1) is 0 Å². The van der Waals surface area contributed by atoms with Crippen molar-refractivity contribution in [2.75, 3.05) is 26.2 Å². The van der Waals surface area contributed by atoms with E-state index >= 15 is 0 Å². The minimum atomic E-state index is 0.186. The van der Waals surface area contributed by atoms with Crippen molar-refractivity contribution in [3.8, 4) is 9.88 Å². The van der Waals surface area contributed by atoms with Crippen LogP contribution in [-0.4, -0.2) is 46.9 Å². The molecule has 0 atom stereocenters. The van der Waals surface area contributed by atoms with Crippen LogP contribution < -0.4 is 0 Å². The number of rotatable bonds is 3. The highest BCUT2D eigenvalue weighted by Crippen LogP contribution is 2.28. The third-order valence-corrected chi connectivity index (χ3v) is 5.63. The van der Waals surface area contributed by atoms with Crippen LogP contribution in [0.1, 0.15) is 19.0 Å². The Morgan fingerprint density at radius 3 is 2.95 bits per heavy atom. The van der Waals surface area contributed by atoms with Crippen LogP contribution in [0.25, 0.3) is 9.88 Å². The summed E-state index contributed by atoms with van der Waals surface area (Å²) in [5.74, 6) is 0.186. The van der Waals surface area contributed by atoms with E-state index in [-0.39, 0.29) is 5.91 Å². The van der Waals surface area contributed by atoms with Crippen molar-refractivity contribution in [2.24, 2.45) is 0 Å². The molecule has 1 aliphatic rings. The molecule has 1 saturated heterocycles. The summed E-state index contributed by atoms with van der Waals surface area (Å²) in [4.78, 5) is 21.8. The molecule has 112 valence electrons. The van der Waals surface area contributed by atoms with Gasteiger partial charge in [-0.1, -0.05) is 6.07 Å². The Bertz CT molecular complexity index is 594. The summed E-state index contributed by atoms with van der Waals surface area (Å²) in [5, 5.41) is 5.35. The number of aromatic nitrogens is 1. The lowest BCUT2D eigenvalue weighted by molar-refractivity contribution is -0.128. The molecule has 0 aromatic carbocycles. The van der Waals surface area contributed by atoms with Crippen LogP contribution in [0.3, 0.4) is 0 Å². The quantitative estimate of drug-likeness (QED) is 0.872. The number of carbonyl (C=O) groups excluding carboxylic acids is 1. The Kier molecular flexibility index (Phi) is 4.67. The first-order valence-electron chi connectivity index (χ1n) is 7.18. The van der Waals surface area contributed by atoms with Gasteiger partial charge in [0, 0.05) is 45.0 Å². The minimum absolute atomic E-state index is 0.186. The Balaban J connectivity index is 1.60. The second-order valence-electron chi connectivity index (χ2n) is 5.26. The van der Waals surface area contributed by atoms with E-state index in [9.17, 15) is 4.79 Å². The molecule has 4 nitrogen and oxygen atoms in total. The number of thiazole rings is 1. The van der Waals surface area contributed by atoms with Crippen LogP contribution in [0.5, 0.6) is 0 Å². The Morgan fingerprint density at radius 2 is 2.19 bits per heavy atom. The van der Waals surface area contributed by atoms with Gasteiger partial charge < -0.3 is 4.90 Å². The molecule has 0 aliphatic carbocycles. The van der Waals surface area contributed by atoms with Crippen molar-refractivity contribution in [1.82, 2.24) is 14.8 Å². The molecule has 0 radical (unpaired) electrons. The Hall–Kier alpha value is -1.24. The van der Waals surface area contributed by atoms with Gasteiger partial charge in [-0.3, -0.25) is 9.69 Å². The number of hydrogen-bond acceptors (Lipinski definition) is 5. The molecule has 0 spiro atoms. The lowest BCUT2D eigenvalue weighted by Crippen LogP contribution is -2.33. The van der Waals surface area contributed by atoms with Gasteiger partial charge in [0.15, 0.2) is 0 Å². The van der Waals surface area contributed by atoms with E-state index in [4.69, 9.17) is 4.98 Å². The standard InChI is InChI=1S/C15H19N3OS2/c1-12(19)18-6-3-5-17(7-8-18)10-13-11-21-15(16-13)14-4-2-9-20-14/h2,4,9,11H,3,5-8,10H2,1H3. The summed E-state index contributed by atoms with van der Waals surface area (Å²) in [6.07, 6.45) is 1.04. The lowest BCUT2D eigenvalue weighted by atomic mass is 10.3. The second kappa shape index (κ2) is 6.68. The largest absolute Gasteiger partial charge is 0.342 e. The van der Waals surface area contributed by atoms with Crippen molar-refractivity contribution in [2.45, 2.75) is 19.9 Å². The molecule has 2 aromatic rings. The van der Waals surface area contributed by atoms with Gasteiger partial charge in [-0.2, -0.15) is 0 Å². The molecular weight excluding hydrogens is 302 g/mol. The average molecular weight is 321 g/mol. The van der Waals surface area contributed by atoms with Gasteiger partial charge in [0.2, 0.25) is 5.91 Å². The van der Waals surface area contributed by atoms with E-state index in [2.05, 4.69) is 27.8 Å². The number of amides is 1. The minimum Gasteiger partial charge on any atom is -0.342 e. The summed E-state index contributed by atoms with van der Waals surface area (Å²) >= 11 is 3.45. The molecule has 1 aliphatic heterocycles. The average Bonchev–Trinajstić information content (AvgIpc) is 3.07. The molecule has 0 unspecified atom stereocenters. The van der Waals surface area contributed by atoms with Gasteiger partial charge >= 0.3 is 0 Å². The topological polar surface area (TPSA) is 36.4 Å². The predicted octanol–water partition coefficient (Wildman–Crippen LogP) is 2.93. The number of thiophene rings is 1. The summed E-state index contributed by atoms with van der Waals surface area (Å²) in [6, 6.07) is 4.18. The molecular formula is C15H19N3OS2. The maximum atomic E-state index is 11.4. The van der Waals surface area contributed by atoms with Gasteiger partial charge in [0.25, 0.3) is 0 Å². The van der Waals surface area contributed by atoms with E-state index < -0.39 is 0 Å². The SMILES string of the molecule is CC(=O)N1CCCN(Cc2csc(-c3cccs3)n2)CC1. The molecule has 2 aromatic heterocycles. The zero-order valence-electron chi connectivity index (χ0n) is 12.1. The van der Waals surface area contributed by atoms with Crippen LogP contribution in [0.15, 0.2) is 22.9 Å². The fraction of sp³-hybridized carbons (Fsp3) is 0.467. The van der Waals surface area contributed by atoms with E-state index in [0.717, 1.165) is 49.8 Å². The zero-order chi connectivity index (χ0) is 14.7. The lowest BCUT2D eigenvalue weighted by Gasteiger charge is -2.20. The first-order valence-corrected chi connectivity index (χ1v) is 8.94. The first-order chi connectivity index (χ1) is 10.2. The third kappa shape index (κ3) is 3.70.